The monoisotopic (exact) mass is 255 g/mol. The normalized spacial score (nSPS) is 23.9. The van der Waals surface area contributed by atoms with Gasteiger partial charge in [0.1, 0.15) is 5.01 Å². The predicted molar refractivity (Wildman–Crippen MR) is 62.8 cm³/mol. The van der Waals surface area contributed by atoms with E-state index in [1.165, 1.54) is 5.06 Å². The van der Waals surface area contributed by atoms with E-state index in [0.29, 0.717) is 13.1 Å². The molecule has 1 saturated heterocycles. The van der Waals surface area contributed by atoms with E-state index in [0.717, 1.165) is 10.6 Å². The lowest BCUT2D eigenvalue weighted by Crippen LogP contribution is -2.30. The molecule has 0 spiro atoms. The van der Waals surface area contributed by atoms with Gasteiger partial charge < -0.3 is 4.90 Å². The molecule has 2 bridgehead atoms. The van der Waals surface area contributed by atoms with Crippen LogP contribution in [0.25, 0.3) is 5.57 Å². The lowest BCUT2D eigenvalue weighted by Gasteiger charge is -2.19. The first kappa shape index (κ1) is 10.1. The number of urea groups is 1. The van der Waals surface area contributed by atoms with E-state index in [2.05, 4.69) is 17.9 Å². The number of carbonyl (C=O) groups excluding carboxylic acids is 1. The minimum atomic E-state index is -0.136. The average molecular weight is 255 g/mol. The van der Waals surface area contributed by atoms with Crippen molar-refractivity contribution in [3.8, 4) is 0 Å². The fourth-order valence-corrected chi connectivity index (χ4v) is 2.87. The molecule has 2 amide bonds. The molecule has 0 aliphatic carbocycles. The van der Waals surface area contributed by atoms with Gasteiger partial charge in [-0.2, -0.15) is 5.06 Å². The average Bonchev–Trinajstić information content (AvgIpc) is 2.88. The van der Waals surface area contributed by atoms with Crippen LogP contribution < -0.4 is 0 Å². The third kappa shape index (κ3) is 1.43. The molecule has 2 aliphatic heterocycles. The minimum Gasteiger partial charge on any atom is -0.316 e. The number of nitrogens with zero attached hydrogens (tertiary/aromatic N) is 3. The minimum absolute atomic E-state index is 0.0577. The molecule has 7 heteroatoms. The standard InChI is InChI=1S/C9H9N3O2S2/c13-9-11-4-6(8-10-1-2-16-8)3-7(5-11)12(9)14-15/h1-3,7,15H,4-5H2. The molecule has 0 aromatic carbocycles. The maximum absolute atomic E-state index is 11.8. The molecule has 1 aromatic heterocycles. The number of fused-ring (bicyclic) bond motifs is 2. The highest BCUT2D eigenvalue weighted by atomic mass is 32.1. The zero-order chi connectivity index (χ0) is 11.1. The van der Waals surface area contributed by atoms with Gasteiger partial charge in [0.15, 0.2) is 0 Å². The summed E-state index contributed by atoms with van der Waals surface area (Å²) in [5.74, 6) is 0. The molecule has 1 aromatic rings. The number of carbonyl (C=O) groups is 1. The third-order valence-corrected chi connectivity index (χ3v) is 3.74. The summed E-state index contributed by atoms with van der Waals surface area (Å²) in [5.41, 5.74) is 1.08. The molecule has 3 heterocycles. The van der Waals surface area contributed by atoms with Crippen LogP contribution in [-0.2, 0) is 4.28 Å². The van der Waals surface area contributed by atoms with Crippen molar-refractivity contribution >= 4 is 35.9 Å². The van der Waals surface area contributed by atoms with Crippen LogP contribution in [0.5, 0.6) is 0 Å². The molecule has 84 valence electrons. The van der Waals surface area contributed by atoms with Crippen LogP contribution in [0.1, 0.15) is 5.01 Å². The summed E-state index contributed by atoms with van der Waals surface area (Å²) in [6.07, 6.45) is 3.79. The summed E-state index contributed by atoms with van der Waals surface area (Å²) in [6, 6.07) is -0.194. The van der Waals surface area contributed by atoms with Crippen molar-refractivity contribution in [1.29, 1.82) is 0 Å². The second-order valence-corrected chi connectivity index (χ2v) is 4.72. The largest absolute Gasteiger partial charge is 0.345 e. The van der Waals surface area contributed by atoms with E-state index in [-0.39, 0.29) is 12.1 Å². The Bertz CT molecular complexity index is 446. The number of hydroxylamine groups is 2. The molecule has 1 unspecified atom stereocenters. The highest BCUT2D eigenvalue weighted by Gasteiger charge is 2.41. The molecular formula is C9H9N3O2S2. The van der Waals surface area contributed by atoms with Crippen molar-refractivity contribution in [2.45, 2.75) is 6.04 Å². The van der Waals surface area contributed by atoms with Crippen LogP contribution in [0.3, 0.4) is 0 Å². The number of aromatic nitrogens is 1. The molecule has 3 rings (SSSR count). The Balaban J connectivity index is 1.93. The van der Waals surface area contributed by atoms with Crippen molar-refractivity contribution in [1.82, 2.24) is 14.9 Å². The summed E-state index contributed by atoms with van der Waals surface area (Å²) in [4.78, 5) is 17.7. The molecule has 5 nitrogen and oxygen atoms in total. The molecule has 16 heavy (non-hydrogen) atoms. The van der Waals surface area contributed by atoms with Crippen LogP contribution in [0.4, 0.5) is 4.79 Å². The highest BCUT2D eigenvalue weighted by Crippen LogP contribution is 2.30. The van der Waals surface area contributed by atoms with Gasteiger partial charge in [-0.3, -0.25) is 0 Å². The van der Waals surface area contributed by atoms with Crippen LogP contribution in [0.2, 0.25) is 0 Å². The lowest BCUT2D eigenvalue weighted by molar-refractivity contribution is 0.0111. The molecule has 0 radical (unpaired) electrons. The molecule has 0 saturated carbocycles. The molecule has 1 atom stereocenters. The van der Waals surface area contributed by atoms with Gasteiger partial charge in [-0.25, -0.2) is 14.1 Å². The fourth-order valence-electron chi connectivity index (χ4n) is 2.02. The van der Waals surface area contributed by atoms with Crippen molar-refractivity contribution < 1.29 is 9.08 Å². The lowest BCUT2D eigenvalue weighted by atomic mass is 10.1. The van der Waals surface area contributed by atoms with Gasteiger partial charge in [-0.05, 0) is 6.08 Å². The number of amides is 2. The first-order chi connectivity index (χ1) is 7.79. The van der Waals surface area contributed by atoms with E-state index in [9.17, 15) is 4.79 Å². The van der Waals surface area contributed by atoms with Gasteiger partial charge in [0.2, 0.25) is 0 Å². The molecule has 2 aliphatic rings. The molecule has 1 fully saturated rings. The zero-order valence-electron chi connectivity index (χ0n) is 8.24. The van der Waals surface area contributed by atoms with Crippen LogP contribution in [0, 0.1) is 0 Å². The van der Waals surface area contributed by atoms with E-state index in [4.69, 9.17) is 4.28 Å². The summed E-state index contributed by atoms with van der Waals surface area (Å²) in [7, 11) is 0. The van der Waals surface area contributed by atoms with E-state index in [1.807, 2.05) is 11.5 Å². The molecule has 0 N–H and O–H groups in total. The Labute approximate surface area is 102 Å². The van der Waals surface area contributed by atoms with Gasteiger partial charge in [0.05, 0.1) is 12.6 Å². The summed E-state index contributed by atoms with van der Waals surface area (Å²) in [5, 5.41) is 4.17. The van der Waals surface area contributed by atoms with E-state index >= 15 is 0 Å². The van der Waals surface area contributed by atoms with Crippen LogP contribution in [-0.4, -0.2) is 40.1 Å². The number of thiazole rings is 1. The number of thiol groups is 1. The van der Waals surface area contributed by atoms with E-state index in [1.54, 1.807) is 22.4 Å². The Morgan fingerprint density at radius 1 is 1.62 bits per heavy atom. The topological polar surface area (TPSA) is 45.7 Å². The van der Waals surface area contributed by atoms with Crippen molar-refractivity contribution in [2.24, 2.45) is 0 Å². The van der Waals surface area contributed by atoms with Gasteiger partial charge in [-0.15, -0.1) is 11.3 Å². The number of hydrogen-bond donors (Lipinski definition) is 1. The van der Waals surface area contributed by atoms with Crippen molar-refractivity contribution in [3.05, 3.63) is 22.7 Å². The first-order valence-corrected chi connectivity index (χ1v) is 6.04. The van der Waals surface area contributed by atoms with Gasteiger partial charge >= 0.3 is 6.03 Å². The quantitative estimate of drug-likeness (QED) is 0.642. The second kappa shape index (κ2) is 3.76. The maximum Gasteiger partial charge on any atom is 0.345 e. The first-order valence-electron chi connectivity index (χ1n) is 4.80. The Morgan fingerprint density at radius 2 is 2.50 bits per heavy atom. The van der Waals surface area contributed by atoms with Crippen molar-refractivity contribution in [2.75, 3.05) is 13.1 Å². The summed E-state index contributed by atoms with van der Waals surface area (Å²) in [6.45, 7) is 1.25. The SMILES string of the molecule is O=C1N2CC(c3nccs3)=CC(C2)N1OS. The van der Waals surface area contributed by atoms with Gasteiger partial charge in [0.25, 0.3) is 0 Å². The Hall–Kier alpha value is -1.05. The van der Waals surface area contributed by atoms with Crippen molar-refractivity contribution in [3.63, 3.8) is 0 Å². The highest BCUT2D eigenvalue weighted by molar-refractivity contribution is 7.75. The zero-order valence-corrected chi connectivity index (χ0v) is 9.95. The Morgan fingerprint density at radius 3 is 3.19 bits per heavy atom. The smallest absolute Gasteiger partial charge is 0.316 e. The number of hydrogen-bond acceptors (Lipinski definition) is 5. The van der Waals surface area contributed by atoms with Crippen LogP contribution in [0.15, 0.2) is 17.7 Å². The second-order valence-electron chi connectivity index (χ2n) is 3.67. The van der Waals surface area contributed by atoms with Gasteiger partial charge in [0, 0.05) is 36.6 Å². The molecular weight excluding hydrogens is 246 g/mol. The van der Waals surface area contributed by atoms with E-state index < -0.39 is 0 Å². The summed E-state index contributed by atoms with van der Waals surface area (Å²) < 4.78 is 4.78. The maximum atomic E-state index is 11.8. The summed E-state index contributed by atoms with van der Waals surface area (Å²) >= 11 is 5.27. The predicted octanol–water partition coefficient (Wildman–Crippen LogP) is 1.42. The Kier molecular flexibility index (Phi) is 2.38. The fraction of sp³-hybridized carbons (Fsp3) is 0.333. The number of rotatable bonds is 2. The third-order valence-electron chi connectivity index (χ3n) is 2.72. The van der Waals surface area contributed by atoms with Gasteiger partial charge in [-0.1, -0.05) is 0 Å². The van der Waals surface area contributed by atoms with Crippen LogP contribution >= 0.6 is 24.2 Å².